The van der Waals surface area contributed by atoms with Crippen LogP contribution >= 0.6 is 11.8 Å². The summed E-state index contributed by atoms with van der Waals surface area (Å²) >= 11 is 1.84. The average molecular weight is 373 g/mol. The number of hydrogen-bond donors (Lipinski definition) is 1. The van der Waals surface area contributed by atoms with Gasteiger partial charge in [-0.05, 0) is 61.7 Å². The zero-order valence-electron chi connectivity index (χ0n) is 15.6. The predicted molar refractivity (Wildman–Crippen MR) is 109 cm³/mol. The zero-order valence-corrected chi connectivity index (χ0v) is 16.4. The SMILES string of the molecule is CCCCN1CCC(Oc2ccc3[nH]c(=O)c4c(c3c2)CCSC4)CC1. The van der Waals surface area contributed by atoms with Crippen LogP contribution in [-0.2, 0) is 12.2 Å². The fraction of sp³-hybridized carbons (Fsp3) is 0.571. The maximum atomic E-state index is 12.3. The fourth-order valence-electron chi connectivity index (χ4n) is 4.06. The number of nitrogens with one attached hydrogen (secondary N) is 1. The minimum atomic E-state index is 0.0767. The van der Waals surface area contributed by atoms with Crippen LogP contribution in [0.4, 0.5) is 0 Å². The average Bonchev–Trinajstić information content (AvgIpc) is 2.68. The number of piperidine rings is 1. The molecule has 140 valence electrons. The van der Waals surface area contributed by atoms with Gasteiger partial charge < -0.3 is 14.6 Å². The highest BCUT2D eigenvalue weighted by molar-refractivity contribution is 7.98. The molecule has 5 heteroatoms. The van der Waals surface area contributed by atoms with Crippen LogP contribution < -0.4 is 10.3 Å². The smallest absolute Gasteiger partial charge is 0.252 e. The Bertz CT molecular complexity index is 825. The summed E-state index contributed by atoms with van der Waals surface area (Å²) in [6.45, 7) is 5.74. The van der Waals surface area contributed by atoms with Crippen molar-refractivity contribution >= 4 is 22.7 Å². The summed E-state index contributed by atoms with van der Waals surface area (Å²) in [5.41, 5.74) is 3.19. The first kappa shape index (κ1) is 17.9. The van der Waals surface area contributed by atoms with E-state index in [4.69, 9.17) is 4.74 Å². The van der Waals surface area contributed by atoms with Crippen LogP contribution in [0.25, 0.3) is 10.9 Å². The van der Waals surface area contributed by atoms with Crippen molar-refractivity contribution in [1.82, 2.24) is 9.88 Å². The molecule has 1 aromatic heterocycles. The standard InChI is InChI=1S/C21H28N2O2S/c1-2-3-9-23-10-6-15(7-11-23)25-16-4-5-20-18(13-16)17-8-12-26-14-19(17)21(24)22-20/h4-5,13,15H,2-3,6-12,14H2,1H3,(H,22,24). The summed E-state index contributed by atoms with van der Waals surface area (Å²) in [7, 11) is 0. The largest absolute Gasteiger partial charge is 0.490 e. The lowest BCUT2D eigenvalue weighted by atomic mass is 10.0. The third-order valence-electron chi connectivity index (χ3n) is 5.61. The third-order valence-corrected chi connectivity index (χ3v) is 6.60. The van der Waals surface area contributed by atoms with E-state index in [2.05, 4.69) is 22.9 Å². The molecule has 0 amide bonds. The molecule has 0 saturated carbocycles. The molecule has 0 spiro atoms. The number of pyridine rings is 1. The Morgan fingerprint density at radius 3 is 2.92 bits per heavy atom. The number of hydrogen-bond acceptors (Lipinski definition) is 4. The molecule has 1 saturated heterocycles. The van der Waals surface area contributed by atoms with Crippen molar-refractivity contribution in [3.8, 4) is 5.75 Å². The van der Waals surface area contributed by atoms with Crippen molar-refractivity contribution in [2.75, 3.05) is 25.4 Å². The summed E-state index contributed by atoms with van der Waals surface area (Å²) in [4.78, 5) is 17.9. The topological polar surface area (TPSA) is 45.3 Å². The lowest BCUT2D eigenvalue weighted by Gasteiger charge is -2.32. The Balaban J connectivity index is 1.50. The molecule has 2 aliphatic heterocycles. The second kappa shape index (κ2) is 8.05. The van der Waals surface area contributed by atoms with Gasteiger partial charge in [0.2, 0.25) is 0 Å². The third kappa shape index (κ3) is 3.79. The number of thioether (sulfide) groups is 1. The summed E-state index contributed by atoms with van der Waals surface area (Å²) in [5.74, 6) is 2.85. The van der Waals surface area contributed by atoms with Crippen LogP contribution in [0, 0.1) is 0 Å². The molecule has 1 aromatic carbocycles. The quantitative estimate of drug-likeness (QED) is 0.863. The molecule has 0 bridgehead atoms. The fourth-order valence-corrected chi connectivity index (χ4v) is 5.07. The number of unbranched alkanes of at least 4 members (excludes halogenated alkanes) is 1. The minimum absolute atomic E-state index is 0.0767. The Hall–Kier alpha value is -1.46. The van der Waals surface area contributed by atoms with Crippen LogP contribution in [0.15, 0.2) is 23.0 Å². The summed E-state index contributed by atoms with van der Waals surface area (Å²) in [5, 5.41) is 1.16. The highest BCUT2D eigenvalue weighted by Gasteiger charge is 2.21. The zero-order chi connectivity index (χ0) is 17.9. The number of aromatic amines is 1. The van der Waals surface area contributed by atoms with E-state index in [0.717, 1.165) is 66.1 Å². The van der Waals surface area contributed by atoms with Crippen LogP contribution in [0.3, 0.4) is 0 Å². The lowest BCUT2D eigenvalue weighted by molar-refractivity contribution is 0.0999. The number of aromatic nitrogens is 1. The second-order valence-electron chi connectivity index (χ2n) is 7.43. The number of benzene rings is 1. The first-order valence-electron chi connectivity index (χ1n) is 9.89. The van der Waals surface area contributed by atoms with E-state index in [1.165, 1.54) is 24.9 Å². The van der Waals surface area contributed by atoms with Crippen molar-refractivity contribution in [3.63, 3.8) is 0 Å². The van der Waals surface area contributed by atoms with Crippen LogP contribution in [0.5, 0.6) is 5.75 Å². The Kier molecular flexibility index (Phi) is 5.55. The van der Waals surface area contributed by atoms with Gasteiger partial charge in [0.1, 0.15) is 11.9 Å². The van der Waals surface area contributed by atoms with Gasteiger partial charge >= 0.3 is 0 Å². The molecule has 26 heavy (non-hydrogen) atoms. The molecule has 1 N–H and O–H groups in total. The van der Waals surface area contributed by atoms with Crippen LogP contribution in [0.1, 0.15) is 43.7 Å². The molecule has 4 rings (SSSR count). The number of ether oxygens (including phenoxy) is 1. The molecular weight excluding hydrogens is 344 g/mol. The molecule has 4 nitrogen and oxygen atoms in total. The van der Waals surface area contributed by atoms with Gasteiger partial charge in [-0.25, -0.2) is 0 Å². The number of nitrogens with zero attached hydrogens (tertiary/aromatic N) is 1. The van der Waals surface area contributed by atoms with Crippen molar-refractivity contribution in [2.24, 2.45) is 0 Å². The summed E-state index contributed by atoms with van der Waals surface area (Å²) < 4.78 is 6.31. The molecule has 2 aliphatic rings. The van der Waals surface area contributed by atoms with Gasteiger partial charge in [0.25, 0.3) is 5.56 Å². The van der Waals surface area contributed by atoms with Crippen molar-refractivity contribution in [2.45, 2.75) is 50.9 Å². The van der Waals surface area contributed by atoms with Gasteiger partial charge in [0, 0.05) is 35.3 Å². The van der Waals surface area contributed by atoms with Gasteiger partial charge in [-0.2, -0.15) is 11.8 Å². The van der Waals surface area contributed by atoms with Gasteiger partial charge in [0.05, 0.1) is 0 Å². The molecule has 2 aromatic rings. The van der Waals surface area contributed by atoms with E-state index < -0.39 is 0 Å². The van der Waals surface area contributed by atoms with E-state index in [-0.39, 0.29) is 5.56 Å². The first-order chi connectivity index (χ1) is 12.7. The molecule has 0 atom stereocenters. The molecule has 0 radical (unpaired) electrons. The van der Waals surface area contributed by atoms with Crippen LogP contribution in [0.2, 0.25) is 0 Å². The number of aryl methyl sites for hydroxylation is 1. The van der Waals surface area contributed by atoms with E-state index in [9.17, 15) is 4.79 Å². The van der Waals surface area contributed by atoms with E-state index >= 15 is 0 Å². The monoisotopic (exact) mass is 372 g/mol. The van der Waals surface area contributed by atoms with Gasteiger partial charge in [-0.3, -0.25) is 4.79 Å². The molecule has 0 unspecified atom stereocenters. The number of rotatable bonds is 5. The molecule has 0 aliphatic carbocycles. The lowest BCUT2D eigenvalue weighted by Crippen LogP contribution is -2.38. The maximum Gasteiger partial charge on any atom is 0.252 e. The van der Waals surface area contributed by atoms with Gasteiger partial charge in [-0.15, -0.1) is 0 Å². The predicted octanol–water partition coefficient (Wildman–Crippen LogP) is 3.96. The van der Waals surface area contributed by atoms with E-state index in [1.807, 2.05) is 23.9 Å². The molecule has 1 fully saturated rings. The maximum absolute atomic E-state index is 12.3. The summed E-state index contributed by atoms with van der Waals surface area (Å²) in [6, 6.07) is 6.15. The molecular formula is C21H28N2O2S. The Labute approximate surface area is 159 Å². The van der Waals surface area contributed by atoms with Crippen molar-refractivity contribution < 1.29 is 4.74 Å². The van der Waals surface area contributed by atoms with Gasteiger partial charge in [-0.1, -0.05) is 13.3 Å². The van der Waals surface area contributed by atoms with Crippen LogP contribution in [-0.4, -0.2) is 41.4 Å². The van der Waals surface area contributed by atoms with E-state index in [1.54, 1.807) is 0 Å². The van der Waals surface area contributed by atoms with Gasteiger partial charge in [0.15, 0.2) is 0 Å². The highest BCUT2D eigenvalue weighted by atomic mass is 32.2. The highest BCUT2D eigenvalue weighted by Crippen LogP contribution is 2.30. The molecule has 3 heterocycles. The first-order valence-corrected chi connectivity index (χ1v) is 11.0. The Morgan fingerprint density at radius 1 is 1.27 bits per heavy atom. The van der Waals surface area contributed by atoms with Crippen molar-refractivity contribution in [3.05, 3.63) is 39.7 Å². The Morgan fingerprint density at radius 2 is 2.12 bits per heavy atom. The number of fused-ring (bicyclic) bond motifs is 3. The minimum Gasteiger partial charge on any atom is -0.490 e. The number of likely N-dealkylation sites (tertiary alicyclic amines) is 1. The van der Waals surface area contributed by atoms with E-state index in [0.29, 0.717) is 6.10 Å². The number of H-pyrrole nitrogens is 1. The normalized spacial score (nSPS) is 18.8. The summed E-state index contributed by atoms with van der Waals surface area (Å²) in [6.07, 6.45) is 6.03. The second-order valence-corrected chi connectivity index (χ2v) is 8.54. The van der Waals surface area contributed by atoms with Crippen molar-refractivity contribution in [1.29, 1.82) is 0 Å².